The van der Waals surface area contributed by atoms with Crippen molar-refractivity contribution in [2.75, 3.05) is 10.5 Å². The zero-order chi connectivity index (χ0) is 19.7. The fraction of sp³-hybridized carbons (Fsp3) is 0.263. The van der Waals surface area contributed by atoms with Crippen LogP contribution in [0.4, 0.5) is 11.4 Å². The van der Waals surface area contributed by atoms with E-state index in [1.807, 2.05) is 6.92 Å². The number of hydrogen-bond acceptors (Lipinski definition) is 5. The van der Waals surface area contributed by atoms with Crippen molar-refractivity contribution in [3.63, 3.8) is 0 Å². The van der Waals surface area contributed by atoms with Crippen LogP contribution in [0.1, 0.15) is 31.7 Å². The van der Waals surface area contributed by atoms with Crippen LogP contribution in [0, 0.1) is 0 Å². The molecule has 0 aliphatic carbocycles. The van der Waals surface area contributed by atoms with Crippen LogP contribution in [0.2, 0.25) is 0 Å². The molecule has 0 bridgehead atoms. The van der Waals surface area contributed by atoms with E-state index in [-0.39, 0.29) is 23.1 Å². The molecule has 0 aromatic heterocycles. The molecular formula is C19H21N3O4S. The van der Waals surface area contributed by atoms with Crippen molar-refractivity contribution < 1.29 is 18.0 Å². The Morgan fingerprint density at radius 2 is 1.85 bits per heavy atom. The molecule has 1 aliphatic rings. The lowest BCUT2D eigenvalue weighted by molar-refractivity contribution is -0.138. The number of piperidine rings is 1. The number of nitrogen functional groups attached to an aromatic ring is 1. The molecule has 1 unspecified atom stereocenters. The third-order valence-electron chi connectivity index (χ3n) is 4.93. The van der Waals surface area contributed by atoms with E-state index in [2.05, 4.69) is 10.0 Å². The summed E-state index contributed by atoms with van der Waals surface area (Å²) < 4.78 is 27.5. The van der Waals surface area contributed by atoms with Gasteiger partial charge in [-0.1, -0.05) is 25.1 Å². The molecule has 1 atom stereocenters. The maximum Gasteiger partial charge on any atom is 0.261 e. The SMILES string of the molecule is CCC1(c2ccc(NS(=O)(=O)c3cccc(N)c3)cc2)CCC(=O)NC1=O. The molecule has 2 amide bonds. The first-order valence-corrected chi connectivity index (χ1v) is 10.1. The van der Waals surface area contributed by atoms with Gasteiger partial charge in [-0.25, -0.2) is 8.42 Å². The molecule has 0 radical (unpaired) electrons. The van der Waals surface area contributed by atoms with Crippen molar-refractivity contribution in [3.05, 3.63) is 54.1 Å². The molecule has 0 saturated carbocycles. The van der Waals surface area contributed by atoms with Crippen molar-refractivity contribution in [1.82, 2.24) is 5.32 Å². The fourth-order valence-electron chi connectivity index (χ4n) is 3.32. The Balaban J connectivity index is 1.85. The summed E-state index contributed by atoms with van der Waals surface area (Å²) in [5.41, 5.74) is 6.36. The second kappa shape index (κ2) is 7.03. The summed E-state index contributed by atoms with van der Waals surface area (Å²) in [6.07, 6.45) is 1.26. The van der Waals surface area contributed by atoms with Crippen LogP contribution >= 0.6 is 0 Å². The summed E-state index contributed by atoms with van der Waals surface area (Å²) in [7, 11) is -3.77. The van der Waals surface area contributed by atoms with Gasteiger partial charge in [0.05, 0.1) is 10.3 Å². The van der Waals surface area contributed by atoms with Gasteiger partial charge in [-0.15, -0.1) is 0 Å². The van der Waals surface area contributed by atoms with Crippen molar-refractivity contribution in [3.8, 4) is 0 Å². The van der Waals surface area contributed by atoms with Crippen LogP contribution in [-0.4, -0.2) is 20.2 Å². The van der Waals surface area contributed by atoms with Crippen molar-refractivity contribution in [2.45, 2.75) is 36.5 Å². The molecule has 2 aromatic carbocycles. The molecule has 8 heteroatoms. The van der Waals surface area contributed by atoms with Gasteiger partial charge in [0.1, 0.15) is 0 Å². The maximum absolute atomic E-state index is 12.5. The zero-order valence-electron chi connectivity index (χ0n) is 14.9. The predicted octanol–water partition coefficient (Wildman–Crippen LogP) is 2.15. The van der Waals surface area contributed by atoms with Gasteiger partial charge in [-0.05, 0) is 48.7 Å². The predicted molar refractivity (Wildman–Crippen MR) is 102 cm³/mol. The van der Waals surface area contributed by atoms with Gasteiger partial charge in [0, 0.05) is 17.8 Å². The second-order valence-electron chi connectivity index (χ2n) is 6.57. The minimum Gasteiger partial charge on any atom is -0.399 e. The number of nitrogens with two attached hydrogens (primary N) is 1. The van der Waals surface area contributed by atoms with E-state index in [1.165, 1.54) is 12.1 Å². The number of carbonyl (C=O) groups is 2. The van der Waals surface area contributed by atoms with Crippen LogP contribution < -0.4 is 15.8 Å². The zero-order valence-corrected chi connectivity index (χ0v) is 15.7. The number of rotatable bonds is 5. The number of anilines is 2. The minimum absolute atomic E-state index is 0.0711. The first-order chi connectivity index (χ1) is 12.8. The number of amides is 2. The van der Waals surface area contributed by atoms with E-state index in [0.29, 0.717) is 24.2 Å². The number of carbonyl (C=O) groups excluding carboxylic acids is 2. The van der Waals surface area contributed by atoms with Crippen LogP contribution in [0.25, 0.3) is 0 Å². The molecule has 0 spiro atoms. The van der Waals surface area contributed by atoms with E-state index in [1.54, 1.807) is 36.4 Å². The summed E-state index contributed by atoms with van der Waals surface area (Å²) >= 11 is 0. The Labute approximate surface area is 158 Å². The van der Waals surface area contributed by atoms with Gasteiger partial charge in [-0.2, -0.15) is 0 Å². The van der Waals surface area contributed by atoms with Gasteiger partial charge in [0.25, 0.3) is 10.0 Å². The van der Waals surface area contributed by atoms with Crippen LogP contribution in [0.3, 0.4) is 0 Å². The Morgan fingerprint density at radius 1 is 1.15 bits per heavy atom. The number of hydrogen-bond donors (Lipinski definition) is 3. The van der Waals surface area contributed by atoms with E-state index < -0.39 is 15.4 Å². The highest BCUT2D eigenvalue weighted by Gasteiger charge is 2.42. The molecule has 1 heterocycles. The monoisotopic (exact) mass is 387 g/mol. The van der Waals surface area contributed by atoms with Gasteiger partial charge in [-0.3, -0.25) is 19.6 Å². The topological polar surface area (TPSA) is 118 Å². The average Bonchev–Trinajstić information content (AvgIpc) is 2.63. The van der Waals surface area contributed by atoms with E-state index in [9.17, 15) is 18.0 Å². The summed E-state index contributed by atoms with van der Waals surface area (Å²) in [6.45, 7) is 1.89. The number of nitrogens with one attached hydrogen (secondary N) is 2. The minimum atomic E-state index is -3.77. The average molecular weight is 387 g/mol. The lowest BCUT2D eigenvalue weighted by Crippen LogP contribution is -2.51. The summed E-state index contributed by atoms with van der Waals surface area (Å²) in [5, 5.41) is 2.40. The molecule has 1 saturated heterocycles. The standard InChI is InChI=1S/C19H21N3O4S/c1-2-19(11-10-17(23)21-18(19)24)13-6-8-15(9-7-13)22-27(25,26)16-5-3-4-14(20)12-16/h3-9,12,22H,2,10-11,20H2,1H3,(H,21,23,24). The smallest absolute Gasteiger partial charge is 0.261 e. The fourth-order valence-corrected chi connectivity index (χ4v) is 4.43. The largest absolute Gasteiger partial charge is 0.399 e. The van der Waals surface area contributed by atoms with E-state index in [0.717, 1.165) is 5.56 Å². The molecule has 2 aromatic rings. The Kier molecular flexibility index (Phi) is 4.93. The molecular weight excluding hydrogens is 366 g/mol. The highest BCUT2D eigenvalue weighted by atomic mass is 32.2. The molecule has 1 aliphatic heterocycles. The third-order valence-corrected chi connectivity index (χ3v) is 6.31. The van der Waals surface area contributed by atoms with E-state index in [4.69, 9.17) is 5.73 Å². The quantitative estimate of drug-likeness (QED) is 0.537. The summed E-state index contributed by atoms with van der Waals surface area (Å²) in [6, 6.07) is 12.7. The molecule has 27 heavy (non-hydrogen) atoms. The number of benzene rings is 2. The maximum atomic E-state index is 12.5. The van der Waals surface area contributed by atoms with Crippen LogP contribution in [-0.2, 0) is 25.0 Å². The highest BCUT2D eigenvalue weighted by Crippen LogP contribution is 2.36. The Hall–Kier alpha value is -2.87. The highest BCUT2D eigenvalue weighted by molar-refractivity contribution is 7.92. The van der Waals surface area contributed by atoms with Crippen molar-refractivity contribution >= 4 is 33.2 Å². The Bertz CT molecular complexity index is 986. The van der Waals surface area contributed by atoms with Crippen LogP contribution in [0.5, 0.6) is 0 Å². The second-order valence-corrected chi connectivity index (χ2v) is 8.25. The Morgan fingerprint density at radius 3 is 2.44 bits per heavy atom. The van der Waals surface area contributed by atoms with Gasteiger partial charge >= 0.3 is 0 Å². The van der Waals surface area contributed by atoms with Crippen LogP contribution in [0.15, 0.2) is 53.4 Å². The van der Waals surface area contributed by atoms with Crippen molar-refractivity contribution in [1.29, 1.82) is 0 Å². The molecule has 4 N–H and O–H groups in total. The number of imide groups is 1. The molecule has 3 rings (SSSR count). The number of sulfonamides is 1. The van der Waals surface area contributed by atoms with Gasteiger partial charge < -0.3 is 5.73 Å². The van der Waals surface area contributed by atoms with Gasteiger partial charge in [0.15, 0.2) is 0 Å². The van der Waals surface area contributed by atoms with Crippen molar-refractivity contribution in [2.24, 2.45) is 0 Å². The third kappa shape index (κ3) is 3.66. The summed E-state index contributed by atoms with van der Waals surface area (Å²) in [4.78, 5) is 24.0. The summed E-state index contributed by atoms with van der Waals surface area (Å²) in [5.74, 6) is -0.579. The van der Waals surface area contributed by atoms with E-state index >= 15 is 0 Å². The normalized spacial score (nSPS) is 20.2. The molecule has 7 nitrogen and oxygen atoms in total. The molecule has 1 fully saturated rings. The lowest BCUT2D eigenvalue weighted by Gasteiger charge is -2.35. The van der Waals surface area contributed by atoms with Gasteiger partial charge in [0.2, 0.25) is 11.8 Å². The molecule has 142 valence electrons. The first-order valence-electron chi connectivity index (χ1n) is 8.60. The first kappa shape index (κ1) is 18.9. The lowest BCUT2D eigenvalue weighted by atomic mass is 9.72.